The first-order valence-corrected chi connectivity index (χ1v) is 9.14. The predicted octanol–water partition coefficient (Wildman–Crippen LogP) is 3.23. The molecule has 1 amide bonds. The molecule has 5 nitrogen and oxygen atoms in total. The third kappa shape index (κ3) is 5.70. The fourth-order valence-electron chi connectivity index (χ4n) is 2.69. The number of benzene rings is 2. The summed E-state index contributed by atoms with van der Waals surface area (Å²) >= 11 is 0. The fraction of sp³-hybridized carbons (Fsp3) is 0.0870. The van der Waals surface area contributed by atoms with Crippen LogP contribution in [0.25, 0.3) is 6.08 Å². The third-order valence-corrected chi connectivity index (χ3v) is 4.23. The second-order valence-corrected chi connectivity index (χ2v) is 6.55. The molecule has 0 aliphatic rings. The normalized spacial score (nSPS) is 11.1. The van der Waals surface area contributed by atoms with E-state index in [0.29, 0.717) is 28.2 Å². The van der Waals surface area contributed by atoms with Gasteiger partial charge < -0.3 is 10.3 Å². The quantitative estimate of drug-likeness (QED) is 0.445. The molecule has 0 spiro atoms. The molecular formula is C23H18F3N4O+. The molecule has 0 bridgehead atoms. The average Bonchev–Trinajstić information content (AvgIpc) is 3.19. The Morgan fingerprint density at radius 3 is 2.74 bits per heavy atom. The maximum atomic E-state index is 12.9. The van der Waals surface area contributed by atoms with Crippen LogP contribution in [0.1, 0.15) is 38.6 Å². The second-order valence-electron chi connectivity index (χ2n) is 6.55. The third-order valence-electron chi connectivity index (χ3n) is 4.23. The molecule has 156 valence electrons. The van der Waals surface area contributed by atoms with E-state index in [2.05, 4.69) is 27.1 Å². The first-order chi connectivity index (χ1) is 14.8. The van der Waals surface area contributed by atoms with E-state index in [1.54, 1.807) is 43.5 Å². The van der Waals surface area contributed by atoms with Crippen molar-refractivity contribution in [1.29, 1.82) is 0 Å². The Morgan fingerprint density at radius 2 is 2.00 bits per heavy atom. The van der Waals surface area contributed by atoms with Gasteiger partial charge in [-0.2, -0.15) is 13.2 Å². The van der Waals surface area contributed by atoms with E-state index < -0.39 is 17.6 Å². The Labute approximate surface area is 176 Å². The average molecular weight is 423 g/mol. The van der Waals surface area contributed by atoms with Gasteiger partial charge in [0.1, 0.15) is 11.5 Å². The fourth-order valence-corrected chi connectivity index (χ4v) is 2.69. The lowest BCUT2D eigenvalue weighted by Crippen LogP contribution is -2.28. The molecule has 0 radical (unpaired) electrons. The topological polar surface area (TPSA) is 83.4 Å². The van der Waals surface area contributed by atoms with Crippen molar-refractivity contribution in [2.75, 3.05) is 5.32 Å². The zero-order chi connectivity index (χ0) is 22.4. The van der Waals surface area contributed by atoms with Crippen LogP contribution >= 0.6 is 0 Å². The van der Waals surface area contributed by atoms with Crippen LogP contribution in [-0.2, 0) is 6.18 Å². The second kappa shape index (κ2) is 9.13. The van der Waals surface area contributed by atoms with Crippen molar-refractivity contribution in [3.8, 4) is 11.8 Å². The molecular weight excluding hydrogens is 405 g/mol. The summed E-state index contributed by atoms with van der Waals surface area (Å²) in [6, 6.07) is 9.55. The molecule has 4 N–H and O–H groups in total. The number of allylic oxidation sites excluding steroid dienone is 1. The van der Waals surface area contributed by atoms with Gasteiger partial charge in [0.2, 0.25) is 0 Å². The minimum atomic E-state index is -4.49. The number of hydrogen-bond donors (Lipinski definition) is 3. The molecule has 3 aromatic rings. The summed E-state index contributed by atoms with van der Waals surface area (Å²) < 4.78 is 38.7. The van der Waals surface area contributed by atoms with Gasteiger partial charge in [0.15, 0.2) is 6.21 Å². The maximum absolute atomic E-state index is 12.9. The summed E-state index contributed by atoms with van der Waals surface area (Å²) in [5, 5.41) is 7.79. The molecule has 1 heterocycles. The predicted molar refractivity (Wildman–Crippen MR) is 112 cm³/mol. The lowest BCUT2D eigenvalue weighted by molar-refractivity contribution is -0.137. The van der Waals surface area contributed by atoms with Crippen molar-refractivity contribution >= 4 is 23.9 Å². The number of hydrogen-bond acceptors (Lipinski definition) is 2. The number of nitrogens with one attached hydrogen (secondary N) is 2. The van der Waals surface area contributed by atoms with Gasteiger partial charge in [0, 0.05) is 22.9 Å². The number of alkyl halides is 3. The Kier molecular flexibility index (Phi) is 6.36. The van der Waals surface area contributed by atoms with Gasteiger partial charge in [-0.3, -0.25) is 10.2 Å². The standard InChI is InChI=1S/C23H17F3N4O/c1-15-7-8-16(9-10-19-14-28-21(29-19)6-3-11-27)12-20(15)22(31)30-18-5-2-4-17(13-18)23(24,25)26/h2-8,11-14,27H,1H3,(H,28,29)(H,30,31)/p+1/b6-3-,27-11?. The van der Waals surface area contributed by atoms with Crippen molar-refractivity contribution in [2.24, 2.45) is 0 Å². The summed E-state index contributed by atoms with van der Waals surface area (Å²) in [5.41, 5.74) is 1.36. The number of carbonyl (C=O) groups is 1. The van der Waals surface area contributed by atoms with Crippen molar-refractivity contribution in [3.63, 3.8) is 0 Å². The smallest absolute Gasteiger partial charge is 0.332 e. The molecule has 0 unspecified atom stereocenters. The number of aromatic nitrogens is 2. The molecule has 0 atom stereocenters. The van der Waals surface area contributed by atoms with Gasteiger partial charge in [-0.1, -0.05) is 18.1 Å². The Bertz CT molecular complexity index is 1210. The number of carbonyl (C=O) groups excluding carboxylic acids is 1. The van der Waals surface area contributed by atoms with Crippen LogP contribution in [0.4, 0.5) is 18.9 Å². The van der Waals surface area contributed by atoms with E-state index >= 15 is 0 Å². The largest absolute Gasteiger partial charge is 0.416 e. The zero-order valence-electron chi connectivity index (χ0n) is 16.4. The number of anilines is 1. The highest BCUT2D eigenvalue weighted by atomic mass is 19.4. The molecule has 31 heavy (non-hydrogen) atoms. The molecule has 0 aliphatic carbocycles. The molecule has 0 saturated heterocycles. The Balaban J connectivity index is 1.80. The summed E-state index contributed by atoms with van der Waals surface area (Å²) in [4.78, 5) is 19.8. The number of halogens is 3. The first-order valence-electron chi connectivity index (χ1n) is 9.14. The summed E-state index contributed by atoms with van der Waals surface area (Å²) in [5.74, 6) is 5.93. The van der Waals surface area contributed by atoms with Crippen molar-refractivity contribution < 1.29 is 23.4 Å². The summed E-state index contributed by atoms with van der Waals surface area (Å²) in [7, 11) is 0. The number of aryl methyl sites for hydroxylation is 1. The van der Waals surface area contributed by atoms with Gasteiger partial charge in [-0.25, -0.2) is 4.98 Å². The number of rotatable bonds is 4. The highest BCUT2D eigenvalue weighted by Gasteiger charge is 2.30. The molecule has 3 rings (SSSR count). The molecule has 0 fully saturated rings. The highest BCUT2D eigenvalue weighted by Crippen LogP contribution is 2.30. The minimum Gasteiger partial charge on any atom is -0.332 e. The van der Waals surface area contributed by atoms with Gasteiger partial charge in [-0.05, 0) is 54.8 Å². The SMILES string of the molecule is Cc1ccc(C#Cc2cnc(/C=C\C=[NH2+])[nH]2)cc1C(=O)Nc1cccc(C(F)(F)F)c1. The van der Waals surface area contributed by atoms with Gasteiger partial charge in [0.05, 0.1) is 11.8 Å². The van der Waals surface area contributed by atoms with Crippen LogP contribution in [0.5, 0.6) is 0 Å². The van der Waals surface area contributed by atoms with E-state index in [0.717, 1.165) is 12.1 Å². The number of imidazole rings is 1. The molecule has 1 aromatic heterocycles. The van der Waals surface area contributed by atoms with Crippen molar-refractivity contribution in [2.45, 2.75) is 13.1 Å². The first kappa shape index (κ1) is 21.6. The number of H-pyrrole nitrogens is 1. The van der Waals surface area contributed by atoms with Crippen LogP contribution in [0.15, 0.2) is 54.7 Å². The summed E-state index contributed by atoms with van der Waals surface area (Å²) in [6.45, 7) is 1.74. The monoisotopic (exact) mass is 423 g/mol. The van der Waals surface area contributed by atoms with Crippen molar-refractivity contribution in [1.82, 2.24) is 9.97 Å². The molecule has 2 aromatic carbocycles. The van der Waals surface area contributed by atoms with E-state index in [-0.39, 0.29) is 5.69 Å². The van der Waals surface area contributed by atoms with Crippen LogP contribution in [0.2, 0.25) is 0 Å². The minimum absolute atomic E-state index is 0.0588. The Morgan fingerprint density at radius 1 is 1.19 bits per heavy atom. The van der Waals surface area contributed by atoms with Crippen LogP contribution in [-0.4, -0.2) is 22.1 Å². The number of amides is 1. The van der Waals surface area contributed by atoms with Gasteiger partial charge in [0.25, 0.3) is 5.91 Å². The van der Waals surface area contributed by atoms with Crippen LogP contribution < -0.4 is 10.7 Å². The number of nitrogens with two attached hydrogens (primary N) is 1. The lowest BCUT2D eigenvalue weighted by Gasteiger charge is -2.11. The molecule has 0 saturated carbocycles. The Hall–Kier alpha value is -4.12. The number of aromatic amines is 1. The van der Waals surface area contributed by atoms with E-state index in [1.807, 2.05) is 0 Å². The summed E-state index contributed by atoms with van der Waals surface area (Å²) in [6.07, 6.45) is 1.78. The van der Waals surface area contributed by atoms with E-state index in [9.17, 15) is 18.0 Å². The number of nitrogens with zero attached hydrogens (tertiary/aromatic N) is 1. The van der Waals surface area contributed by atoms with Crippen molar-refractivity contribution in [3.05, 3.63) is 88.5 Å². The molecule has 8 heteroatoms. The van der Waals surface area contributed by atoms with Crippen LogP contribution in [0, 0.1) is 18.8 Å². The van der Waals surface area contributed by atoms with E-state index in [4.69, 9.17) is 5.41 Å². The maximum Gasteiger partial charge on any atom is 0.416 e. The van der Waals surface area contributed by atoms with Crippen LogP contribution in [0.3, 0.4) is 0 Å². The van der Waals surface area contributed by atoms with Gasteiger partial charge in [-0.15, -0.1) is 0 Å². The zero-order valence-corrected chi connectivity index (χ0v) is 16.4. The van der Waals surface area contributed by atoms with E-state index in [1.165, 1.54) is 18.3 Å². The van der Waals surface area contributed by atoms with Gasteiger partial charge >= 0.3 is 6.18 Å². The highest BCUT2D eigenvalue weighted by molar-refractivity contribution is 6.05. The lowest BCUT2D eigenvalue weighted by atomic mass is 10.0. The molecule has 0 aliphatic heterocycles.